The van der Waals surface area contributed by atoms with E-state index in [1.54, 1.807) is 0 Å². The molecule has 1 atom stereocenters. The molecule has 31 heavy (non-hydrogen) atoms. The van der Waals surface area contributed by atoms with E-state index in [4.69, 9.17) is 4.98 Å². The Balaban J connectivity index is 1.32. The molecule has 9 heteroatoms. The molecule has 1 N–H and O–H groups in total. The number of hydrogen-bond donors (Lipinski definition) is 1. The summed E-state index contributed by atoms with van der Waals surface area (Å²) < 4.78 is 2.14. The molecule has 1 unspecified atom stereocenters. The van der Waals surface area contributed by atoms with Crippen LogP contribution in [-0.2, 0) is 23.1 Å². The number of benzene rings is 1. The van der Waals surface area contributed by atoms with Gasteiger partial charge in [-0.1, -0.05) is 30.4 Å². The SMILES string of the molecule is CCCc1nnc(NC(=O)CCC(=O)N2CCCC(c3nc4ccccc4n3C)C2)s1. The predicted molar refractivity (Wildman–Crippen MR) is 121 cm³/mol. The van der Waals surface area contributed by atoms with E-state index in [1.807, 2.05) is 30.1 Å². The number of hydrogen-bond acceptors (Lipinski definition) is 6. The van der Waals surface area contributed by atoms with Crippen molar-refractivity contribution in [1.29, 1.82) is 0 Å². The lowest BCUT2D eigenvalue weighted by molar-refractivity contribution is -0.134. The third-order valence-electron chi connectivity index (χ3n) is 5.70. The average Bonchev–Trinajstić information content (AvgIpc) is 3.36. The number of nitrogens with one attached hydrogen (secondary N) is 1. The van der Waals surface area contributed by atoms with Gasteiger partial charge in [-0.25, -0.2) is 4.98 Å². The van der Waals surface area contributed by atoms with Crippen molar-refractivity contribution in [2.75, 3.05) is 18.4 Å². The molecule has 0 bridgehead atoms. The number of anilines is 1. The maximum absolute atomic E-state index is 12.8. The van der Waals surface area contributed by atoms with Crippen molar-refractivity contribution >= 4 is 39.3 Å². The van der Waals surface area contributed by atoms with Crippen LogP contribution in [0.25, 0.3) is 11.0 Å². The van der Waals surface area contributed by atoms with Crippen LogP contribution in [-0.4, -0.2) is 49.6 Å². The van der Waals surface area contributed by atoms with Gasteiger partial charge in [-0.2, -0.15) is 0 Å². The Labute approximate surface area is 185 Å². The number of rotatable bonds is 7. The molecule has 1 aliphatic heterocycles. The van der Waals surface area contributed by atoms with E-state index in [9.17, 15) is 9.59 Å². The van der Waals surface area contributed by atoms with Crippen LogP contribution in [0.5, 0.6) is 0 Å². The zero-order valence-electron chi connectivity index (χ0n) is 18.0. The van der Waals surface area contributed by atoms with E-state index in [0.717, 1.165) is 54.1 Å². The highest BCUT2D eigenvalue weighted by Crippen LogP contribution is 2.29. The molecule has 164 valence electrons. The second kappa shape index (κ2) is 9.55. The van der Waals surface area contributed by atoms with E-state index >= 15 is 0 Å². The predicted octanol–water partition coefficient (Wildman–Crippen LogP) is 3.50. The molecule has 8 nitrogen and oxygen atoms in total. The van der Waals surface area contributed by atoms with Gasteiger partial charge < -0.3 is 14.8 Å². The summed E-state index contributed by atoms with van der Waals surface area (Å²) in [6.07, 6.45) is 4.14. The summed E-state index contributed by atoms with van der Waals surface area (Å²) in [6, 6.07) is 8.10. The maximum Gasteiger partial charge on any atom is 0.226 e. The third-order valence-corrected chi connectivity index (χ3v) is 6.60. The van der Waals surface area contributed by atoms with Gasteiger partial charge in [-0.05, 0) is 31.4 Å². The van der Waals surface area contributed by atoms with Crippen molar-refractivity contribution in [2.24, 2.45) is 7.05 Å². The fraction of sp³-hybridized carbons (Fsp3) is 0.500. The van der Waals surface area contributed by atoms with E-state index in [2.05, 4.69) is 33.1 Å². The van der Waals surface area contributed by atoms with Crippen molar-refractivity contribution in [2.45, 2.75) is 51.4 Å². The third kappa shape index (κ3) is 4.92. The van der Waals surface area contributed by atoms with Gasteiger partial charge >= 0.3 is 0 Å². The highest BCUT2D eigenvalue weighted by Gasteiger charge is 2.28. The number of likely N-dealkylation sites (tertiary alicyclic amines) is 1. The topological polar surface area (TPSA) is 93.0 Å². The van der Waals surface area contributed by atoms with Gasteiger partial charge in [0.05, 0.1) is 11.0 Å². The van der Waals surface area contributed by atoms with Gasteiger partial charge in [-0.15, -0.1) is 10.2 Å². The van der Waals surface area contributed by atoms with Crippen molar-refractivity contribution in [3.8, 4) is 0 Å². The van der Waals surface area contributed by atoms with Gasteiger partial charge in [0.1, 0.15) is 10.8 Å². The second-order valence-corrected chi connectivity index (χ2v) is 9.06. The summed E-state index contributed by atoms with van der Waals surface area (Å²) in [5, 5.41) is 12.2. The molecule has 3 heterocycles. The van der Waals surface area contributed by atoms with Crippen LogP contribution in [0.3, 0.4) is 0 Å². The van der Waals surface area contributed by atoms with Gasteiger partial charge in [0, 0.05) is 45.3 Å². The summed E-state index contributed by atoms with van der Waals surface area (Å²) in [5.74, 6) is 1.05. The summed E-state index contributed by atoms with van der Waals surface area (Å²) in [4.78, 5) is 31.7. The molecule has 0 aliphatic carbocycles. The number of nitrogens with zero attached hydrogens (tertiary/aromatic N) is 5. The molecule has 2 amide bonds. The normalized spacial score (nSPS) is 16.6. The lowest BCUT2D eigenvalue weighted by Gasteiger charge is -2.32. The van der Waals surface area contributed by atoms with Gasteiger partial charge in [-0.3, -0.25) is 9.59 Å². The first-order valence-electron chi connectivity index (χ1n) is 10.9. The van der Waals surface area contributed by atoms with Gasteiger partial charge in [0.15, 0.2) is 0 Å². The first kappa shape index (κ1) is 21.4. The van der Waals surface area contributed by atoms with E-state index in [1.165, 1.54) is 11.3 Å². The Bertz CT molecular complexity index is 1080. The van der Waals surface area contributed by atoms with Crippen molar-refractivity contribution in [1.82, 2.24) is 24.6 Å². The maximum atomic E-state index is 12.8. The van der Waals surface area contributed by atoms with E-state index in [0.29, 0.717) is 11.7 Å². The molecule has 0 saturated carbocycles. The number of amides is 2. The smallest absolute Gasteiger partial charge is 0.226 e. The lowest BCUT2D eigenvalue weighted by Crippen LogP contribution is -2.40. The number of aryl methyl sites for hydroxylation is 2. The van der Waals surface area contributed by atoms with Gasteiger partial charge in [0.25, 0.3) is 0 Å². The lowest BCUT2D eigenvalue weighted by atomic mass is 9.96. The van der Waals surface area contributed by atoms with Crippen LogP contribution in [0.2, 0.25) is 0 Å². The Hall–Kier alpha value is -2.81. The van der Waals surface area contributed by atoms with Crippen molar-refractivity contribution < 1.29 is 9.59 Å². The van der Waals surface area contributed by atoms with Crippen LogP contribution in [0.1, 0.15) is 55.8 Å². The number of aromatic nitrogens is 4. The minimum Gasteiger partial charge on any atom is -0.342 e. The summed E-state index contributed by atoms with van der Waals surface area (Å²) in [6.45, 7) is 3.46. The molecule has 1 aliphatic rings. The van der Waals surface area contributed by atoms with E-state index in [-0.39, 0.29) is 30.6 Å². The highest BCUT2D eigenvalue weighted by molar-refractivity contribution is 7.15. The zero-order valence-corrected chi connectivity index (χ0v) is 18.8. The molecular formula is C22H28N6O2S. The Kier molecular flexibility index (Phi) is 6.60. The van der Waals surface area contributed by atoms with Crippen LogP contribution in [0.15, 0.2) is 24.3 Å². The summed E-state index contributed by atoms with van der Waals surface area (Å²) in [7, 11) is 2.04. The first-order chi connectivity index (χ1) is 15.0. The van der Waals surface area contributed by atoms with Crippen LogP contribution < -0.4 is 5.32 Å². The quantitative estimate of drug-likeness (QED) is 0.607. The Morgan fingerprint density at radius 1 is 1.23 bits per heavy atom. The molecule has 4 rings (SSSR count). The number of fused-ring (bicyclic) bond motifs is 1. The molecule has 1 aromatic carbocycles. The Morgan fingerprint density at radius 2 is 2.06 bits per heavy atom. The first-order valence-corrected chi connectivity index (χ1v) is 11.7. The fourth-order valence-electron chi connectivity index (χ4n) is 4.12. The number of para-hydroxylation sites is 2. The Morgan fingerprint density at radius 3 is 2.87 bits per heavy atom. The van der Waals surface area contributed by atoms with Crippen LogP contribution in [0, 0.1) is 0 Å². The minimum absolute atomic E-state index is 0.0162. The van der Waals surface area contributed by atoms with Crippen LogP contribution >= 0.6 is 11.3 Å². The molecule has 2 aromatic heterocycles. The van der Waals surface area contributed by atoms with Crippen LogP contribution in [0.4, 0.5) is 5.13 Å². The second-order valence-electron chi connectivity index (χ2n) is 8.00. The number of piperidine rings is 1. The molecule has 1 saturated heterocycles. The van der Waals surface area contributed by atoms with Gasteiger partial charge in [0.2, 0.25) is 16.9 Å². The molecule has 0 spiro atoms. The molecule has 3 aromatic rings. The zero-order chi connectivity index (χ0) is 21.8. The monoisotopic (exact) mass is 440 g/mol. The van der Waals surface area contributed by atoms with E-state index < -0.39 is 0 Å². The number of carbonyl (C=O) groups excluding carboxylic acids is 2. The molecule has 0 radical (unpaired) electrons. The largest absolute Gasteiger partial charge is 0.342 e. The average molecular weight is 441 g/mol. The van der Waals surface area contributed by atoms with Crippen molar-refractivity contribution in [3.63, 3.8) is 0 Å². The highest BCUT2D eigenvalue weighted by atomic mass is 32.1. The molecule has 1 fully saturated rings. The summed E-state index contributed by atoms with van der Waals surface area (Å²) >= 11 is 1.39. The van der Waals surface area contributed by atoms with Crippen molar-refractivity contribution in [3.05, 3.63) is 35.1 Å². The number of imidazole rings is 1. The standard InChI is InChI=1S/C22H28N6O2S/c1-3-7-19-25-26-22(31-19)24-18(29)11-12-20(30)28-13-6-8-15(14-28)21-23-16-9-4-5-10-17(16)27(21)2/h4-5,9-10,15H,3,6-8,11-14H2,1-2H3,(H,24,26,29). The summed E-state index contributed by atoms with van der Waals surface area (Å²) in [5.41, 5.74) is 2.09. The minimum atomic E-state index is -0.198. The fourth-order valence-corrected chi connectivity index (χ4v) is 4.98. The number of carbonyl (C=O) groups is 2. The molecular weight excluding hydrogens is 412 g/mol.